The van der Waals surface area contributed by atoms with Gasteiger partial charge in [-0.1, -0.05) is 236 Å². The van der Waals surface area contributed by atoms with E-state index in [2.05, 4.69) is 62.5 Å². The van der Waals surface area contributed by atoms with Crippen molar-refractivity contribution in [2.24, 2.45) is 0 Å². The van der Waals surface area contributed by atoms with Gasteiger partial charge < -0.3 is 39.4 Å². The highest BCUT2D eigenvalue weighted by atomic mass is 16.7. The minimum Gasteiger partial charge on any atom is -0.457 e. The standard InChI is InChI=1S/C61H112O9/c1-3-5-7-9-11-13-15-17-19-21-23-25-26-27-28-29-31-33-35-37-39-41-43-45-47-49-51-67-53-55(54-68-61-60(66)59(65)58(64)56(52-62)70-61)69-57(63)50-48-46-44-42-40-38-36-34-32-30-24-22-20-18-16-14-12-10-8-6-4-2/h15,17,21-24,26-27,55-56,58-62,64-66H,3-14,16,18-20,25,28-54H2,1-2H3/b17-15-,23-21-,24-22-,27-26-. The van der Waals surface area contributed by atoms with Crippen LogP contribution < -0.4 is 0 Å². The predicted molar refractivity (Wildman–Crippen MR) is 293 cm³/mol. The minimum absolute atomic E-state index is 0.114. The summed E-state index contributed by atoms with van der Waals surface area (Å²) < 4.78 is 23.0. The van der Waals surface area contributed by atoms with Crippen LogP contribution in [0, 0.1) is 0 Å². The first-order chi connectivity index (χ1) is 34.4. The molecule has 6 atom stereocenters. The molecule has 1 aliphatic rings. The second-order valence-electron chi connectivity index (χ2n) is 20.4. The van der Waals surface area contributed by atoms with Gasteiger partial charge in [0.2, 0.25) is 0 Å². The molecular formula is C61H112O9. The Hall–Kier alpha value is -1.85. The molecule has 0 spiro atoms. The van der Waals surface area contributed by atoms with Crippen molar-refractivity contribution < 1.29 is 44.2 Å². The molecule has 410 valence electrons. The topological polar surface area (TPSA) is 135 Å². The van der Waals surface area contributed by atoms with Gasteiger partial charge in [0.15, 0.2) is 6.29 Å². The van der Waals surface area contributed by atoms with E-state index in [9.17, 15) is 25.2 Å². The number of rotatable bonds is 52. The van der Waals surface area contributed by atoms with E-state index in [0.29, 0.717) is 13.0 Å². The van der Waals surface area contributed by atoms with Gasteiger partial charge in [0.25, 0.3) is 0 Å². The summed E-state index contributed by atoms with van der Waals surface area (Å²) in [6, 6.07) is 0. The summed E-state index contributed by atoms with van der Waals surface area (Å²) in [5.41, 5.74) is 0. The second kappa shape index (κ2) is 52.0. The van der Waals surface area contributed by atoms with Crippen LogP contribution in [0.4, 0.5) is 0 Å². The number of carbonyl (C=O) groups excluding carboxylic acids is 1. The van der Waals surface area contributed by atoms with E-state index in [1.807, 2.05) is 0 Å². The van der Waals surface area contributed by atoms with Crippen LogP contribution in [0.1, 0.15) is 271 Å². The third-order valence-electron chi connectivity index (χ3n) is 13.7. The Kier molecular flexibility index (Phi) is 49.2. The van der Waals surface area contributed by atoms with Gasteiger partial charge in [-0.05, 0) is 77.0 Å². The van der Waals surface area contributed by atoms with E-state index in [1.54, 1.807) is 0 Å². The maximum Gasteiger partial charge on any atom is 0.306 e. The van der Waals surface area contributed by atoms with Crippen LogP contribution >= 0.6 is 0 Å². The van der Waals surface area contributed by atoms with Gasteiger partial charge in [-0.25, -0.2) is 0 Å². The fraction of sp³-hybridized carbons (Fsp3) is 0.852. The molecule has 0 aromatic rings. The molecular weight excluding hydrogens is 877 g/mol. The number of esters is 1. The van der Waals surface area contributed by atoms with Crippen molar-refractivity contribution in [3.63, 3.8) is 0 Å². The third-order valence-corrected chi connectivity index (χ3v) is 13.7. The molecule has 1 fully saturated rings. The highest BCUT2D eigenvalue weighted by Crippen LogP contribution is 2.23. The summed E-state index contributed by atoms with van der Waals surface area (Å²) in [6.07, 6.45) is 60.2. The van der Waals surface area contributed by atoms with Crippen LogP contribution in [-0.4, -0.2) is 89.6 Å². The molecule has 0 aliphatic carbocycles. The van der Waals surface area contributed by atoms with E-state index in [-0.39, 0.29) is 19.2 Å². The van der Waals surface area contributed by atoms with Gasteiger partial charge in [-0.2, -0.15) is 0 Å². The number of unbranched alkanes of at least 4 members (excludes halogenated alkanes) is 33. The Morgan fingerprint density at radius 1 is 0.457 bits per heavy atom. The normalized spacial score (nSPS) is 19.2. The van der Waals surface area contributed by atoms with Gasteiger partial charge >= 0.3 is 5.97 Å². The summed E-state index contributed by atoms with van der Waals surface area (Å²) in [4.78, 5) is 12.9. The van der Waals surface area contributed by atoms with Gasteiger partial charge in [0.05, 0.1) is 19.8 Å². The van der Waals surface area contributed by atoms with E-state index in [0.717, 1.165) is 44.9 Å². The molecule has 1 rings (SSSR count). The first kappa shape index (κ1) is 66.2. The summed E-state index contributed by atoms with van der Waals surface area (Å²) in [5.74, 6) is -0.313. The first-order valence-electron chi connectivity index (χ1n) is 29.7. The Labute approximate surface area is 431 Å². The molecule has 0 saturated carbocycles. The zero-order valence-corrected chi connectivity index (χ0v) is 45.5. The molecule has 0 aromatic heterocycles. The van der Waals surface area contributed by atoms with E-state index in [4.69, 9.17) is 18.9 Å². The smallest absolute Gasteiger partial charge is 0.306 e. The van der Waals surface area contributed by atoms with Crippen molar-refractivity contribution in [3.8, 4) is 0 Å². The minimum atomic E-state index is -1.54. The lowest BCUT2D eigenvalue weighted by Crippen LogP contribution is -2.59. The summed E-state index contributed by atoms with van der Waals surface area (Å²) in [7, 11) is 0. The zero-order chi connectivity index (χ0) is 50.6. The molecule has 1 aliphatic heterocycles. The van der Waals surface area contributed by atoms with Crippen LogP contribution in [0.3, 0.4) is 0 Å². The monoisotopic (exact) mass is 989 g/mol. The lowest BCUT2D eigenvalue weighted by molar-refractivity contribution is -0.305. The molecule has 0 radical (unpaired) electrons. The number of aliphatic hydroxyl groups excluding tert-OH is 4. The first-order valence-corrected chi connectivity index (χ1v) is 29.7. The average molecular weight is 990 g/mol. The van der Waals surface area contributed by atoms with Gasteiger partial charge in [0, 0.05) is 13.0 Å². The largest absolute Gasteiger partial charge is 0.457 e. The van der Waals surface area contributed by atoms with E-state index in [1.165, 1.54) is 205 Å². The van der Waals surface area contributed by atoms with Crippen LogP contribution in [0.15, 0.2) is 48.6 Å². The number of hydrogen-bond donors (Lipinski definition) is 4. The van der Waals surface area contributed by atoms with Crippen molar-refractivity contribution in [1.29, 1.82) is 0 Å². The second-order valence-corrected chi connectivity index (χ2v) is 20.4. The number of carbonyl (C=O) groups is 1. The number of ether oxygens (including phenoxy) is 4. The quantitative estimate of drug-likeness (QED) is 0.0267. The Morgan fingerprint density at radius 3 is 1.26 bits per heavy atom. The Balaban J connectivity index is 2.15. The van der Waals surface area contributed by atoms with Crippen LogP contribution in [0.25, 0.3) is 0 Å². The highest BCUT2D eigenvalue weighted by Gasteiger charge is 2.44. The molecule has 4 N–H and O–H groups in total. The van der Waals surface area contributed by atoms with Crippen LogP contribution in [0.2, 0.25) is 0 Å². The van der Waals surface area contributed by atoms with Gasteiger partial charge in [0.1, 0.15) is 30.5 Å². The van der Waals surface area contributed by atoms with Crippen molar-refractivity contribution in [1.82, 2.24) is 0 Å². The lowest BCUT2D eigenvalue weighted by atomic mass is 9.99. The number of allylic oxidation sites excluding steroid dienone is 8. The fourth-order valence-electron chi connectivity index (χ4n) is 9.08. The lowest BCUT2D eigenvalue weighted by Gasteiger charge is -2.39. The van der Waals surface area contributed by atoms with Gasteiger partial charge in [-0.15, -0.1) is 0 Å². The van der Waals surface area contributed by atoms with Crippen molar-refractivity contribution >= 4 is 5.97 Å². The molecule has 0 bridgehead atoms. The summed E-state index contributed by atoms with van der Waals surface area (Å²) in [6.45, 7) is 4.58. The van der Waals surface area contributed by atoms with Gasteiger partial charge in [-0.3, -0.25) is 4.79 Å². The Bertz CT molecular complexity index is 1220. The molecule has 0 amide bonds. The molecule has 0 aromatic carbocycles. The van der Waals surface area contributed by atoms with E-state index >= 15 is 0 Å². The molecule has 1 heterocycles. The maximum atomic E-state index is 12.9. The third kappa shape index (κ3) is 41.6. The fourth-order valence-corrected chi connectivity index (χ4v) is 9.08. The molecule has 70 heavy (non-hydrogen) atoms. The average Bonchev–Trinajstić information content (AvgIpc) is 3.36. The van der Waals surface area contributed by atoms with Crippen molar-refractivity contribution in [2.75, 3.05) is 26.4 Å². The molecule has 9 nitrogen and oxygen atoms in total. The highest BCUT2D eigenvalue weighted by molar-refractivity contribution is 5.69. The molecule has 6 unspecified atom stereocenters. The maximum absolute atomic E-state index is 12.9. The van der Waals surface area contributed by atoms with E-state index < -0.39 is 43.4 Å². The summed E-state index contributed by atoms with van der Waals surface area (Å²) in [5, 5.41) is 40.4. The van der Waals surface area contributed by atoms with Crippen LogP contribution in [-0.2, 0) is 23.7 Å². The summed E-state index contributed by atoms with van der Waals surface area (Å²) >= 11 is 0. The molecule has 9 heteroatoms. The Morgan fingerprint density at radius 2 is 0.829 bits per heavy atom. The SMILES string of the molecule is CCCCCCC/C=C\C/C=C\C/C=C\CCCCCCCCCCCCCOCC(COC1OC(CO)C(O)C(O)C1O)OC(=O)CCCCCCCCCCC/C=C\CCCCCCCCCC. The number of aliphatic hydroxyl groups is 4. The van der Waals surface area contributed by atoms with Crippen molar-refractivity contribution in [2.45, 2.75) is 307 Å². The van der Waals surface area contributed by atoms with Crippen molar-refractivity contribution in [3.05, 3.63) is 48.6 Å². The predicted octanol–water partition coefficient (Wildman–Crippen LogP) is 15.6. The number of hydrogen-bond acceptors (Lipinski definition) is 9. The molecule has 1 saturated heterocycles. The van der Waals surface area contributed by atoms with Crippen LogP contribution in [0.5, 0.6) is 0 Å². The zero-order valence-electron chi connectivity index (χ0n) is 45.5.